The van der Waals surface area contributed by atoms with Gasteiger partial charge in [-0.15, -0.1) is 0 Å². The van der Waals surface area contributed by atoms with Crippen LogP contribution in [0.2, 0.25) is 10.0 Å². The molecule has 0 aromatic heterocycles. The normalized spacial score (nSPS) is 15.2. The standard InChI is InChI=1S/C10H13Cl2NO/c1-10(13,6-14)5-7-2-8(11)4-9(12)3-7/h2-4,14H,5-6,13H2,1H3. The van der Waals surface area contributed by atoms with Crippen LogP contribution in [0.3, 0.4) is 0 Å². The maximum absolute atomic E-state index is 9.00. The number of hydrogen-bond acceptors (Lipinski definition) is 2. The third-order valence-corrected chi connectivity index (χ3v) is 2.33. The van der Waals surface area contributed by atoms with E-state index < -0.39 is 5.54 Å². The van der Waals surface area contributed by atoms with Crippen LogP contribution in [0.4, 0.5) is 0 Å². The molecule has 2 nitrogen and oxygen atoms in total. The van der Waals surface area contributed by atoms with E-state index in [4.69, 9.17) is 34.0 Å². The minimum Gasteiger partial charge on any atom is -0.394 e. The van der Waals surface area contributed by atoms with Crippen molar-refractivity contribution in [3.63, 3.8) is 0 Å². The second-order valence-electron chi connectivity index (χ2n) is 3.77. The lowest BCUT2D eigenvalue weighted by molar-refractivity contribution is 0.208. The van der Waals surface area contributed by atoms with Crippen LogP contribution < -0.4 is 5.73 Å². The van der Waals surface area contributed by atoms with Crippen molar-refractivity contribution >= 4 is 23.2 Å². The van der Waals surface area contributed by atoms with Crippen molar-refractivity contribution in [1.82, 2.24) is 0 Å². The summed E-state index contributed by atoms with van der Waals surface area (Å²) in [4.78, 5) is 0. The minimum atomic E-state index is -0.631. The van der Waals surface area contributed by atoms with Crippen LogP contribution in [-0.2, 0) is 6.42 Å². The molecule has 1 unspecified atom stereocenters. The summed E-state index contributed by atoms with van der Waals surface area (Å²) in [6, 6.07) is 5.27. The second-order valence-corrected chi connectivity index (χ2v) is 4.64. The van der Waals surface area contributed by atoms with E-state index in [9.17, 15) is 0 Å². The van der Waals surface area contributed by atoms with Crippen molar-refractivity contribution in [3.05, 3.63) is 33.8 Å². The second kappa shape index (κ2) is 4.49. The molecule has 0 spiro atoms. The number of halogens is 2. The van der Waals surface area contributed by atoms with E-state index in [1.807, 2.05) is 0 Å². The lowest BCUT2D eigenvalue weighted by Gasteiger charge is -2.21. The highest BCUT2D eigenvalue weighted by Crippen LogP contribution is 2.21. The van der Waals surface area contributed by atoms with Crippen molar-refractivity contribution < 1.29 is 5.11 Å². The van der Waals surface area contributed by atoms with E-state index in [-0.39, 0.29) is 6.61 Å². The van der Waals surface area contributed by atoms with Crippen molar-refractivity contribution in [1.29, 1.82) is 0 Å². The first kappa shape index (κ1) is 11.8. The molecule has 0 fully saturated rings. The van der Waals surface area contributed by atoms with E-state index in [1.165, 1.54) is 0 Å². The van der Waals surface area contributed by atoms with Crippen LogP contribution in [0, 0.1) is 0 Å². The Morgan fingerprint density at radius 1 is 1.29 bits per heavy atom. The Morgan fingerprint density at radius 2 is 1.79 bits per heavy atom. The fourth-order valence-electron chi connectivity index (χ4n) is 1.24. The third-order valence-electron chi connectivity index (χ3n) is 1.89. The fraction of sp³-hybridized carbons (Fsp3) is 0.400. The van der Waals surface area contributed by atoms with Gasteiger partial charge < -0.3 is 10.8 Å². The summed E-state index contributed by atoms with van der Waals surface area (Å²) in [6.45, 7) is 1.71. The number of benzene rings is 1. The SMILES string of the molecule is CC(N)(CO)Cc1cc(Cl)cc(Cl)c1. The van der Waals surface area contributed by atoms with Gasteiger partial charge in [0.2, 0.25) is 0 Å². The average Bonchev–Trinajstić information content (AvgIpc) is 2.01. The smallest absolute Gasteiger partial charge is 0.0611 e. The molecule has 0 saturated carbocycles. The maximum atomic E-state index is 9.00. The molecular weight excluding hydrogens is 221 g/mol. The Hall–Kier alpha value is -0.280. The van der Waals surface area contributed by atoms with E-state index in [0.717, 1.165) is 5.56 Å². The molecule has 14 heavy (non-hydrogen) atoms. The van der Waals surface area contributed by atoms with Gasteiger partial charge in [-0.1, -0.05) is 23.2 Å². The highest BCUT2D eigenvalue weighted by atomic mass is 35.5. The van der Waals surface area contributed by atoms with Crippen molar-refractivity contribution in [3.8, 4) is 0 Å². The summed E-state index contributed by atoms with van der Waals surface area (Å²) in [6.07, 6.45) is 0.545. The molecule has 0 aliphatic heterocycles. The van der Waals surface area contributed by atoms with Gasteiger partial charge in [0, 0.05) is 15.6 Å². The van der Waals surface area contributed by atoms with Gasteiger partial charge in [0.15, 0.2) is 0 Å². The molecule has 1 aromatic carbocycles. The van der Waals surface area contributed by atoms with Crippen LogP contribution >= 0.6 is 23.2 Å². The molecule has 4 heteroatoms. The summed E-state index contributed by atoms with van der Waals surface area (Å²) >= 11 is 11.7. The molecule has 0 aliphatic rings. The monoisotopic (exact) mass is 233 g/mol. The molecule has 1 atom stereocenters. The van der Waals surface area contributed by atoms with Gasteiger partial charge in [0.1, 0.15) is 0 Å². The van der Waals surface area contributed by atoms with Crippen molar-refractivity contribution in [2.45, 2.75) is 18.9 Å². The van der Waals surface area contributed by atoms with Gasteiger partial charge in [0.05, 0.1) is 6.61 Å². The van der Waals surface area contributed by atoms with Gasteiger partial charge in [0.25, 0.3) is 0 Å². The van der Waals surface area contributed by atoms with Gasteiger partial charge in [-0.05, 0) is 37.1 Å². The topological polar surface area (TPSA) is 46.2 Å². The van der Waals surface area contributed by atoms with Crippen LogP contribution in [0.15, 0.2) is 18.2 Å². The molecule has 78 valence electrons. The van der Waals surface area contributed by atoms with Gasteiger partial charge in [-0.2, -0.15) is 0 Å². The Bertz CT molecular complexity index is 306. The molecule has 0 saturated heterocycles. The van der Waals surface area contributed by atoms with Crippen molar-refractivity contribution in [2.75, 3.05) is 6.61 Å². The molecule has 3 N–H and O–H groups in total. The molecule has 0 heterocycles. The minimum absolute atomic E-state index is 0.0723. The summed E-state index contributed by atoms with van der Waals surface area (Å²) in [5.41, 5.74) is 6.11. The van der Waals surface area contributed by atoms with E-state index in [2.05, 4.69) is 0 Å². The first-order valence-corrected chi connectivity index (χ1v) is 5.03. The summed E-state index contributed by atoms with van der Waals surface area (Å²) in [5.74, 6) is 0. The Balaban J connectivity index is 2.87. The summed E-state index contributed by atoms with van der Waals surface area (Å²) in [7, 11) is 0. The van der Waals surface area contributed by atoms with Crippen LogP contribution in [0.5, 0.6) is 0 Å². The molecule has 0 bridgehead atoms. The first-order valence-electron chi connectivity index (χ1n) is 4.28. The molecule has 1 rings (SSSR count). The summed E-state index contributed by atoms with van der Waals surface area (Å²) < 4.78 is 0. The number of nitrogens with two attached hydrogens (primary N) is 1. The zero-order valence-electron chi connectivity index (χ0n) is 7.93. The predicted molar refractivity (Wildman–Crippen MR) is 59.8 cm³/mol. The zero-order chi connectivity index (χ0) is 10.8. The molecule has 1 aromatic rings. The van der Waals surface area contributed by atoms with Gasteiger partial charge in [-0.25, -0.2) is 0 Å². The molecule has 0 amide bonds. The number of rotatable bonds is 3. The number of aliphatic hydroxyl groups is 1. The zero-order valence-corrected chi connectivity index (χ0v) is 9.44. The van der Waals surface area contributed by atoms with E-state index in [0.29, 0.717) is 16.5 Å². The van der Waals surface area contributed by atoms with Crippen LogP contribution in [0.1, 0.15) is 12.5 Å². The van der Waals surface area contributed by atoms with Crippen LogP contribution in [-0.4, -0.2) is 17.3 Å². The highest BCUT2D eigenvalue weighted by molar-refractivity contribution is 6.34. The highest BCUT2D eigenvalue weighted by Gasteiger charge is 2.17. The predicted octanol–water partition coefficient (Wildman–Crippen LogP) is 2.25. The fourth-order valence-corrected chi connectivity index (χ4v) is 1.81. The third kappa shape index (κ3) is 3.46. The maximum Gasteiger partial charge on any atom is 0.0611 e. The lowest BCUT2D eigenvalue weighted by atomic mass is 9.95. The Labute approximate surface area is 93.6 Å². The quantitative estimate of drug-likeness (QED) is 0.842. The first-order chi connectivity index (χ1) is 6.43. The van der Waals surface area contributed by atoms with E-state index >= 15 is 0 Å². The number of hydrogen-bond donors (Lipinski definition) is 2. The molecular formula is C10H13Cl2NO. The summed E-state index contributed by atoms with van der Waals surface area (Å²) in [5, 5.41) is 10.2. The van der Waals surface area contributed by atoms with Gasteiger partial charge in [-0.3, -0.25) is 0 Å². The van der Waals surface area contributed by atoms with Crippen LogP contribution in [0.25, 0.3) is 0 Å². The molecule has 0 radical (unpaired) electrons. The Kier molecular flexibility index (Phi) is 3.78. The molecule has 0 aliphatic carbocycles. The van der Waals surface area contributed by atoms with Gasteiger partial charge >= 0.3 is 0 Å². The lowest BCUT2D eigenvalue weighted by Crippen LogP contribution is -2.42. The van der Waals surface area contributed by atoms with E-state index in [1.54, 1.807) is 25.1 Å². The van der Waals surface area contributed by atoms with Crippen molar-refractivity contribution in [2.24, 2.45) is 5.73 Å². The number of aliphatic hydroxyl groups excluding tert-OH is 1. The largest absolute Gasteiger partial charge is 0.394 e. The average molecular weight is 234 g/mol. The Morgan fingerprint density at radius 3 is 2.21 bits per heavy atom.